The molecule has 92 valence electrons. The van der Waals surface area contributed by atoms with E-state index < -0.39 is 11.7 Å². The van der Waals surface area contributed by atoms with E-state index in [-0.39, 0.29) is 5.56 Å². The van der Waals surface area contributed by atoms with Crippen molar-refractivity contribution in [1.82, 2.24) is 4.98 Å². The molecule has 6 heteroatoms. The Kier molecular flexibility index (Phi) is 3.93. The summed E-state index contributed by atoms with van der Waals surface area (Å²) in [5.41, 5.74) is -0.121. The molecular weight excluding hydrogens is 322 g/mol. The van der Waals surface area contributed by atoms with E-state index in [9.17, 15) is 9.18 Å². The van der Waals surface area contributed by atoms with Crippen molar-refractivity contribution in [2.24, 2.45) is 0 Å². The molecule has 0 spiro atoms. The van der Waals surface area contributed by atoms with Gasteiger partial charge >= 0.3 is 0 Å². The first-order valence-electron chi connectivity index (χ1n) is 4.94. The van der Waals surface area contributed by atoms with E-state index in [4.69, 9.17) is 11.6 Å². The number of benzene rings is 1. The number of anilines is 1. The molecule has 0 aliphatic rings. The van der Waals surface area contributed by atoms with Crippen LogP contribution in [-0.4, -0.2) is 10.9 Å². The van der Waals surface area contributed by atoms with Crippen LogP contribution in [0.5, 0.6) is 0 Å². The van der Waals surface area contributed by atoms with Gasteiger partial charge in [0, 0.05) is 15.7 Å². The van der Waals surface area contributed by atoms with Crippen LogP contribution in [0.4, 0.5) is 10.2 Å². The molecule has 0 aliphatic heterocycles. The summed E-state index contributed by atoms with van der Waals surface area (Å²) in [7, 11) is 0. The second-order valence-corrected chi connectivity index (χ2v) is 4.79. The molecule has 1 heterocycles. The highest BCUT2D eigenvalue weighted by molar-refractivity contribution is 9.10. The van der Waals surface area contributed by atoms with E-state index in [1.807, 2.05) is 0 Å². The van der Waals surface area contributed by atoms with Crippen molar-refractivity contribution in [3.05, 3.63) is 57.4 Å². The number of nitrogens with zero attached hydrogens (tertiary/aromatic N) is 1. The summed E-state index contributed by atoms with van der Waals surface area (Å²) < 4.78 is 14.2. The number of amides is 1. The highest BCUT2D eigenvalue weighted by Gasteiger charge is 2.13. The number of aromatic nitrogens is 1. The molecule has 0 saturated carbocycles. The van der Waals surface area contributed by atoms with Crippen LogP contribution in [-0.2, 0) is 0 Å². The summed E-state index contributed by atoms with van der Waals surface area (Å²) in [5.74, 6) is -0.902. The highest BCUT2D eigenvalue weighted by atomic mass is 79.9. The van der Waals surface area contributed by atoms with Crippen LogP contribution >= 0.6 is 27.5 Å². The summed E-state index contributed by atoms with van der Waals surface area (Å²) in [6.07, 6.45) is 1.52. The van der Waals surface area contributed by atoms with Crippen molar-refractivity contribution in [3.8, 4) is 0 Å². The minimum Gasteiger partial charge on any atom is -0.306 e. The molecule has 0 radical (unpaired) electrons. The van der Waals surface area contributed by atoms with Crippen LogP contribution < -0.4 is 5.32 Å². The van der Waals surface area contributed by atoms with E-state index in [0.717, 1.165) is 10.5 Å². The Morgan fingerprint density at radius 3 is 2.83 bits per heavy atom. The molecular formula is C12H7BrClFN2O. The quantitative estimate of drug-likeness (QED) is 0.908. The lowest BCUT2D eigenvalue weighted by Gasteiger charge is -2.06. The Morgan fingerprint density at radius 1 is 1.33 bits per heavy atom. The first kappa shape index (κ1) is 13.0. The lowest BCUT2D eigenvalue weighted by atomic mass is 10.2. The van der Waals surface area contributed by atoms with Gasteiger partial charge in [-0.1, -0.05) is 27.5 Å². The second-order valence-electron chi connectivity index (χ2n) is 3.44. The van der Waals surface area contributed by atoms with Crippen LogP contribution in [0, 0.1) is 5.82 Å². The SMILES string of the molecule is O=C(Nc1cc(Br)ccn1)c1cc(Cl)ccc1F. The molecule has 0 atom stereocenters. The van der Waals surface area contributed by atoms with Gasteiger partial charge in [0.05, 0.1) is 5.56 Å². The summed E-state index contributed by atoms with van der Waals surface area (Å²) in [4.78, 5) is 15.8. The standard InChI is InChI=1S/C12H7BrClFN2O/c13-7-3-4-16-11(5-7)17-12(18)9-6-8(14)1-2-10(9)15/h1-6H,(H,16,17,18). The number of carbonyl (C=O) groups is 1. The smallest absolute Gasteiger partial charge is 0.259 e. The Balaban J connectivity index is 2.24. The van der Waals surface area contributed by atoms with Gasteiger partial charge in [-0.05, 0) is 30.3 Å². The van der Waals surface area contributed by atoms with Crippen LogP contribution in [0.3, 0.4) is 0 Å². The number of nitrogens with one attached hydrogen (secondary N) is 1. The molecule has 1 amide bonds. The number of hydrogen-bond donors (Lipinski definition) is 1. The fraction of sp³-hybridized carbons (Fsp3) is 0. The van der Waals surface area contributed by atoms with Gasteiger partial charge < -0.3 is 5.32 Å². The predicted octanol–water partition coefficient (Wildman–Crippen LogP) is 3.89. The van der Waals surface area contributed by atoms with Gasteiger partial charge in [0.2, 0.25) is 0 Å². The van der Waals surface area contributed by atoms with Crippen molar-refractivity contribution in [2.75, 3.05) is 5.32 Å². The third-order valence-corrected chi connectivity index (χ3v) is 2.86. The fourth-order valence-corrected chi connectivity index (χ4v) is 1.84. The summed E-state index contributed by atoms with van der Waals surface area (Å²) in [6.45, 7) is 0. The first-order chi connectivity index (χ1) is 8.56. The topological polar surface area (TPSA) is 42.0 Å². The van der Waals surface area contributed by atoms with Gasteiger partial charge in [-0.25, -0.2) is 9.37 Å². The van der Waals surface area contributed by atoms with E-state index in [0.29, 0.717) is 10.8 Å². The average molecular weight is 330 g/mol. The molecule has 0 fully saturated rings. The number of hydrogen-bond acceptors (Lipinski definition) is 2. The lowest BCUT2D eigenvalue weighted by molar-refractivity contribution is 0.102. The monoisotopic (exact) mass is 328 g/mol. The highest BCUT2D eigenvalue weighted by Crippen LogP contribution is 2.17. The average Bonchev–Trinajstić information content (AvgIpc) is 2.32. The van der Waals surface area contributed by atoms with Crippen LogP contribution in [0.2, 0.25) is 5.02 Å². The minimum absolute atomic E-state index is 0.121. The normalized spacial score (nSPS) is 10.2. The Bertz CT molecular complexity index is 606. The fourth-order valence-electron chi connectivity index (χ4n) is 1.33. The number of rotatable bonds is 2. The van der Waals surface area contributed by atoms with Crippen molar-refractivity contribution < 1.29 is 9.18 Å². The number of halogens is 3. The molecule has 1 N–H and O–H groups in total. The maximum Gasteiger partial charge on any atom is 0.259 e. The Labute approximate surface area is 116 Å². The third kappa shape index (κ3) is 3.05. The summed E-state index contributed by atoms with van der Waals surface area (Å²) in [5, 5.41) is 2.78. The number of pyridine rings is 1. The minimum atomic E-state index is -0.633. The number of carbonyl (C=O) groups excluding carboxylic acids is 1. The molecule has 0 bridgehead atoms. The third-order valence-electron chi connectivity index (χ3n) is 2.14. The maximum absolute atomic E-state index is 13.5. The van der Waals surface area contributed by atoms with Crippen LogP contribution in [0.25, 0.3) is 0 Å². The van der Waals surface area contributed by atoms with Crippen molar-refractivity contribution in [2.45, 2.75) is 0 Å². The van der Waals surface area contributed by atoms with E-state index >= 15 is 0 Å². The van der Waals surface area contributed by atoms with Gasteiger partial charge in [-0.15, -0.1) is 0 Å². The molecule has 1 aromatic heterocycles. The van der Waals surface area contributed by atoms with Crippen molar-refractivity contribution in [3.63, 3.8) is 0 Å². The lowest BCUT2D eigenvalue weighted by Crippen LogP contribution is -2.14. The Hall–Kier alpha value is -1.46. The van der Waals surface area contributed by atoms with Gasteiger partial charge in [0.1, 0.15) is 11.6 Å². The predicted molar refractivity (Wildman–Crippen MR) is 71.3 cm³/mol. The van der Waals surface area contributed by atoms with Gasteiger partial charge in [-0.3, -0.25) is 4.79 Å². The van der Waals surface area contributed by atoms with Crippen LogP contribution in [0.1, 0.15) is 10.4 Å². The van der Waals surface area contributed by atoms with Gasteiger partial charge in [-0.2, -0.15) is 0 Å². The van der Waals surface area contributed by atoms with E-state index in [2.05, 4.69) is 26.2 Å². The molecule has 0 unspecified atom stereocenters. The van der Waals surface area contributed by atoms with Crippen molar-refractivity contribution >= 4 is 39.3 Å². The zero-order valence-corrected chi connectivity index (χ0v) is 11.3. The molecule has 0 aliphatic carbocycles. The van der Waals surface area contributed by atoms with E-state index in [1.54, 1.807) is 12.1 Å². The molecule has 2 aromatic rings. The van der Waals surface area contributed by atoms with Gasteiger partial charge in [0.25, 0.3) is 5.91 Å². The molecule has 3 nitrogen and oxygen atoms in total. The molecule has 18 heavy (non-hydrogen) atoms. The summed E-state index contributed by atoms with van der Waals surface area (Å²) in [6, 6.07) is 7.12. The molecule has 2 rings (SSSR count). The second kappa shape index (κ2) is 5.46. The van der Waals surface area contributed by atoms with E-state index in [1.165, 1.54) is 18.3 Å². The van der Waals surface area contributed by atoms with Crippen molar-refractivity contribution in [1.29, 1.82) is 0 Å². The van der Waals surface area contributed by atoms with Crippen LogP contribution in [0.15, 0.2) is 41.0 Å². The Morgan fingerprint density at radius 2 is 2.11 bits per heavy atom. The zero-order valence-electron chi connectivity index (χ0n) is 8.95. The van der Waals surface area contributed by atoms with Gasteiger partial charge in [0.15, 0.2) is 0 Å². The molecule has 1 aromatic carbocycles. The summed E-state index contributed by atoms with van der Waals surface area (Å²) >= 11 is 8.97. The molecule has 0 saturated heterocycles. The first-order valence-corrected chi connectivity index (χ1v) is 6.11. The maximum atomic E-state index is 13.5. The largest absolute Gasteiger partial charge is 0.306 e. The zero-order chi connectivity index (χ0) is 13.1.